The third-order valence-electron chi connectivity index (χ3n) is 2.43. The minimum atomic E-state index is -0.240. The van der Waals surface area contributed by atoms with Crippen LogP contribution in [-0.2, 0) is 11.3 Å². The minimum absolute atomic E-state index is 0.0308. The number of nitrogens with one attached hydrogen (secondary N) is 1. The maximum absolute atomic E-state index is 11.9. The Balaban J connectivity index is 2.55. The van der Waals surface area contributed by atoms with Crippen LogP contribution >= 0.6 is 0 Å². The Morgan fingerprint density at radius 2 is 2.21 bits per heavy atom. The van der Waals surface area contributed by atoms with Crippen LogP contribution in [-0.4, -0.2) is 46.1 Å². The smallest absolute Gasteiger partial charge is 0.234 e. The van der Waals surface area contributed by atoms with E-state index in [0.717, 1.165) is 5.56 Å². The van der Waals surface area contributed by atoms with E-state index in [0.29, 0.717) is 13.1 Å². The standard InChI is InChI=1S/C14H23N3O2/c1-14(2,3)16-13(19)11-17(7-8-18)10-12-5-4-6-15-9-12/h4-6,9,18H,7-8,10-11H2,1-3H3,(H,16,19). The van der Waals surface area contributed by atoms with Crippen LogP contribution in [0.4, 0.5) is 0 Å². The molecule has 5 heteroatoms. The van der Waals surface area contributed by atoms with Gasteiger partial charge < -0.3 is 10.4 Å². The highest BCUT2D eigenvalue weighted by atomic mass is 16.3. The highest BCUT2D eigenvalue weighted by Crippen LogP contribution is 2.03. The molecule has 0 atom stereocenters. The molecule has 1 amide bonds. The Labute approximate surface area is 114 Å². The zero-order valence-electron chi connectivity index (χ0n) is 11.9. The molecule has 0 fully saturated rings. The fraction of sp³-hybridized carbons (Fsp3) is 0.571. The monoisotopic (exact) mass is 265 g/mol. The molecule has 0 saturated carbocycles. The van der Waals surface area contributed by atoms with Crippen LogP contribution in [0.3, 0.4) is 0 Å². The summed E-state index contributed by atoms with van der Waals surface area (Å²) in [4.78, 5) is 17.8. The van der Waals surface area contributed by atoms with Crippen molar-refractivity contribution in [1.29, 1.82) is 0 Å². The second kappa shape index (κ2) is 7.21. The van der Waals surface area contributed by atoms with Gasteiger partial charge >= 0.3 is 0 Å². The molecule has 1 rings (SSSR count). The van der Waals surface area contributed by atoms with Crippen molar-refractivity contribution in [3.63, 3.8) is 0 Å². The SMILES string of the molecule is CC(C)(C)NC(=O)CN(CCO)Cc1cccnc1. The molecular weight excluding hydrogens is 242 g/mol. The third kappa shape index (κ3) is 6.88. The largest absolute Gasteiger partial charge is 0.395 e. The summed E-state index contributed by atoms with van der Waals surface area (Å²) in [5.74, 6) is -0.0372. The molecule has 1 aromatic heterocycles. The molecular formula is C14H23N3O2. The summed E-state index contributed by atoms with van der Waals surface area (Å²) in [5, 5.41) is 12.0. The summed E-state index contributed by atoms with van der Waals surface area (Å²) < 4.78 is 0. The molecule has 19 heavy (non-hydrogen) atoms. The van der Waals surface area contributed by atoms with Crippen LogP contribution in [0.25, 0.3) is 0 Å². The maximum Gasteiger partial charge on any atom is 0.234 e. The molecule has 0 radical (unpaired) electrons. The Morgan fingerprint density at radius 1 is 1.47 bits per heavy atom. The summed E-state index contributed by atoms with van der Waals surface area (Å²) in [6, 6.07) is 3.82. The molecule has 1 heterocycles. The fourth-order valence-corrected chi connectivity index (χ4v) is 1.77. The first-order chi connectivity index (χ1) is 8.90. The number of amides is 1. The molecule has 0 spiro atoms. The van der Waals surface area contributed by atoms with E-state index < -0.39 is 0 Å². The predicted octanol–water partition coefficient (Wildman–Crippen LogP) is 0.791. The van der Waals surface area contributed by atoms with Crippen LogP contribution in [0, 0.1) is 0 Å². The topological polar surface area (TPSA) is 65.5 Å². The van der Waals surface area contributed by atoms with Crippen LogP contribution in [0.15, 0.2) is 24.5 Å². The number of pyridine rings is 1. The van der Waals surface area contributed by atoms with E-state index in [2.05, 4.69) is 10.3 Å². The maximum atomic E-state index is 11.9. The average molecular weight is 265 g/mol. The van der Waals surface area contributed by atoms with Gasteiger partial charge in [-0.2, -0.15) is 0 Å². The molecule has 0 aliphatic heterocycles. The number of hydrogen-bond donors (Lipinski definition) is 2. The molecule has 1 aromatic rings. The Bertz CT molecular complexity index is 387. The first-order valence-electron chi connectivity index (χ1n) is 6.44. The fourth-order valence-electron chi connectivity index (χ4n) is 1.77. The van der Waals surface area contributed by atoms with Crippen molar-refractivity contribution < 1.29 is 9.90 Å². The van der Waals surface area contributed by atoms with Gasteiger partial charge in [0.2, 0.25) is 5.91 Å². The average Bonchev–Trinajstić information content (AvgIpc) is 2.27. The number of nitrogens with zero attached hydrogens (tertiary/aromatic N) is 2. The zero-order chi connectivity index (χ0) is 14.3. The second-order valence-corrected chi connectivity index (χ2v) is 5.59. The molecule has 0 unspecified atom stereocenters. The van der Waals surface area contributed by atoms with E-state index in [1.165, 1.54) is 0 Å². The van der Waals surface area contributed by atoms with Crippen molar-refractivity contribution in [3.8, 4) is 0 Å². The summed E-state index contributed by atoms with van der Waals surface area (Å²) in [6.07, 6.45) is 3.48. The molecule has 106 valence electrons. The van der Waals surface area contributed by atoms with Gasteiger partial charge in [-0.25, -0.2) is 0 Å². The highest BCUT2D eigenvalue weighted by Gasteiger charge is 2.16. The summed E-state index contributed by atoms with van der Waals surface area (Å²) >= 11 is 0. The van der Waals surface area contributed by atoms with Crippen LogP contribution in [0.5, 0.6) is 0 Å². The van der Waals surface area contributed by atoms with E-state index in [4.69, 9.17) is 5.11 Å². The van der Waals surface area contributed by atoms with Gasteiger partial charge in [-0.05, 0) is 32.4 Å². The molecule has 0 aliphatic carbocycles. The van der Waals surface area contributed by atoms with Crippen molar-refractivity contribution in [3.05, 3.63) is 30.1 Å². The first kappa shape index (κ1) is 15.6. The lowest BCUT2D eigenvalue weighted by molar-refractivity contribution is -0.123. The number of aliphatic hydroxyl groups excluding tert-OH is 1. The molecule has 0 saturated heterocycles. The van der Waals surface area contributed by atoms with Crippen LogP contribution in [0.1, 0.15) is 26.3 Å². The van der Waals surface area contributed by atoms with Crippen LogP contribution < -0.4 is 5.32 Å². The number of hydrogen-bond acceptors (Lipinski definition) is 4. The van der Waals surface area contributed by atoms with Gasteiger partial charge in [-0.1, -0.05) is 6.07 Å². The van der Waals surface area contributed by atoms with Crippen molar-refractivity contribution in [1.82, 2.24) is 15.2 Å². The van der Waals surface area contributed by atoms with Gasteiger partial charge in [0.15, 0.2) is 0 Å². The van der Waals surface area contributed by atoms with Gasteiger partial charge in [-0.3, -0.25) is 14.7 Å². The van der Waals surface area contributed by atoms with E-state index in [1.807, 2.05) is 37.8 Å². The number of carbonyl (C=O) groups excluding carboxylic acids is 1. The lowest BCUT2D eigenvalue weighted by atomic mass is 10.1. The molecule has 2 N–H and O–H groups in total. The quantitative estimate of drug-likeness (QED) is 0.798. The number of aliphatic hydroxyl groups is 1. The first-order valence-corrected chi connectivity index (χ1v) is 6.44. The van der Waals surface area contributed by atoms with Gasteiger partial charge in [0.1, 0.15) is 0 Å². The third-order valence-corrected chi connectivity index (χ3v) is 2.43. The van der Waals surface area contributed by atoms with Crippen molar-refractivity contribution in [2.45, 2.75) is 32.9 Å². The van der Waals surface area contributed by atoms with Crippen molar-refractivity contribution >= 4 is 5.91 Å². The van der Waals surface area contributed by atoms with E-state index in [9.17, 15) is 4.79 Å². The normalized spacial score (nSPS) is 11.6. The molecule has 0 bridgehead atoms. The second-order valence-electron chi connectivity index (χ2n) is 5.59. The molecule has 5 nitrogen and oxygen atoms in total. The number of carbonyl (C=O) groups is 1. The summed E-state index contributed by atoms with van der Waals surface area (Å²) in [6.45, 7) is 7.21. The Morgan fingerprint density at radius 3 is 2.74 bits per heavy atom. The Kier molecular flexibility index (Phi) is 5.92. The highest BCUT2D eigenvalue weighted by molar-refractivity contribution is 5.78. The predicted molar refractivity (Wildman–Crippen MR) is 74.5 cm³/mol. The van der Waals surface area contributed by atoms with Crippen LogP contribution in [0.2, 0.25) is 0 Å². The number of aromatic nitrogens is 1. The zero-order valence-corrected chi connectivity index (χ0v) is 11.9. The van der Waals surface area contributed by atoms with Gasteiger partial charge in [0.05, 0.1) is 13.2 Å². The van der Waals surface area contributed by atoms with Gasteiger partial charge in [0, 0.05) is 31.0 Å². The van der Waals surface area contributed by atoms with E-state index >= 15 is 0 Å². The molecule has 0 aliphatic rings. The van der Waals surface area contributed by atoms with Crippen molar-refractivity contribution in [2.24, 2.45) is 0 Å². The summed E-state index contributed by atoms with van der Waals surface area (Å²) in [5.41, 5.74) is 0.788. The van der Waals surface area contributed by atoms with Gasteiger partial charge in [-0.15, -0.1) is 0 Å². The molecule has 0 aromatic carbocycles. The van der Waals surface area contributed by atoms with E-state index in [1.54, 1.807) is 12.4 Å². The lowest BCUT2D eigenvalue weighted by Crippen LogP contribution is -2.46. The summed E-state index contributed by atoms with van der Waals surface area (Å²) in [7, 11) is 0. The van der Waals surface area contributed by atoms with E-state index in [-0.39, 0.29) is 24.6 Å². The minimum Gasteiger partial charge on any atom is -0.395 e. The van der Waals surface area contributed by atoms with Gasteiger partial charge in [0.25, 0.3) is 0 Å². The number of rotatable bonds is 6. The Hall–Kier alpha value is -1.46. The lowest BCUT2D eigenvalue weighted by Gasteiger charge is -2.25. The van der Waals surface area contributed by atoms with Crippen molar-refractivity contribution in [2.75, 3.05) is 19.7 Å².